The number of fused-ring (bicyclic) bond motifs is 1. The van der Waals surface area contributed by atoms with Gasteiger partial charge in [0.1, 0.15) is 11.4 Å². The normalized spacial score (nSPS) is 21.8. The molecule has 1 aliphatic carbocycles. The topological polar surface area (TPSA) is 71.5 Å². The number of ether oxygens (including phenoxy) is 1. The fourth-order valence-electron chi connectivity index (χ4n) is 4.90. The number of para-hydroxylation sites is 1. The third-order valence-corrected chi connectivity index (χ3v) is 6.89. The Labute approximate surface area is 183 Å². The fourth-order valence-corrected chi connectivity index (χ4v) is 4.90. The second-order valence-corrected chi connectivity index (χ2v) is 9.21. The Bertz CT molecular complexity index is 949. The molecule has 2 amide bonds. The van der Waals surface area contributed by atoms with Crippen LogP contribution in [0.1, 0.15) is 60.4 Å². The number of carbonyl (C=O) groups excluding carboxylic acids is 2. The molecule has 6 heteroatoms. The van der Waals surface area contributed by atoms with Gasteiger partial charge in [-0.15, -0.1) is 0 Å². The number of likely N-dealkylation sites (tertiary alicyclic amines) is 1. The highest BCUT2D eigenvalue weighted by Gasteiger charge is 2.44. The Balaban J connectivity index is 1.27. The van der Waals surface area contributed by atoms with E-state index in [0.717, 1.165) is 37.1 Å². The molecule has 3 aliphatic rings. The van der Waals surface area contributed by atoms with E-state index in [1.54, 1.807) is 18.5 Å². The van der Waals surface area contributed by atoms with Gasteiger partial charge < -0.3 is 15.0 Å². The molecule has 1 spiro atoms. The summed E-state index contributed by atoms with van der Waals surface area (Å²) in [6.45, 7) is 2.10. The zero-order valence-corrected chi connectivity index (χ0v) is 17.8. The summed E-state index contributed by atoms with van der Waals surface area (Å²) in [6, 6.07) is 11.7. The van der Waals surface area contributed by atoms with Crippen LogP contribution in [0.2, 0.25) is 0 Å². The molecule has 31 heavy (non-hydrogen) atoms. The lowest BCUT2D eigenvalue weighted by molar-refractivity contribution is -0.122. The molecule has 1 N–H and O–H groups in total. The number of carbonyl (C=O) groups is 2. The monoisotopic (exact) mass is 419 g/mol. The van der Waals surface area contributed by atoms with Gasteiger partial charge in [0, 0.05) is 57.2 Å². The van der Waals surface area contributed by atoms with Crippen molar-refractivity contribution in [2.45, 2.75) is 50.0 Å². The Kier molecular flexibility index (Phi) is 5.38. The van der Waals surface area contributed by atoms with E-state index >= 15 is 0 Å². The molecule has 1 unspecified atom stereocenters. The van der Waals surface area contributed by atoms with Gasteiger partial charge in [0.2, 0.25) is 5.91 Å². The van der Waals surface area contributed by atoms with Crippen LogP contribution in [0.25, 0.3) is 0 Å². The number of piperidine rings is 1. The lowest BCUT2D eigenvalue weighted by atomic mass is 9.76. The predicted molar refractivity (Wildman–Crippen MR) is 117 cm³/mol. The van der Waals surface area contributed by atoms with Crippen LogP contribution in [0, 0.1) is 5.92 Å². The van der Waals surface area contributed by atoms with Crippen LogP contribution in [-0.4, -0.2) is 46.9 Å². The maximum absolute atomic E-state index is 12.8. The van der Waals surface area contributed by atoms with Crippen molar-refractivity contribution in [1.82, 2.24) is 15.2 Å². The molecule has 2 fully saturated rings. The number of hydrogen-bond acceptors (Lipinski definition) is 4. The standard InChI is InChI=1S/C25H29N3O3/c29-23(27-16-18-7-8-18)14-20-15-25(31-22-6-2-1-5-21(20)22)9-12-28(13-10-25)24(30)19-4-3-11-26-17-19/h1-6,11,17-18,20H,7-10,12-16H2,(H,27,29). The van der Waals surface area contributed by atoms with Crippen LogP contribution >= 0.6 is 0 Å². The minimum absolute atomic E-state index is 0.0233. The van der Waals surface area contributed by atoms with E-state index in [-0.39, 0.29) is 23.3 Å². The smallest absolute Gasteiger partial charge is 0.255 e. The van der Waals surface area contributed by atoms with Crippen molar-refractivity contribution >= 4 is 11.8 Å². The molecule has 2 aliphatic heterocycles. The van der Waals surface area contributed by atoms with Crippen molar-refractivity contribution in [1.29, 1.82) is 0 Å². The molecule has 6 nitrogen and oxygen atoms in total. The minimum Gasteiger partial charge on any atom is -0.487 e. The van der Waals surface area contributed by atoms with Gasteiger partial charge in [-0.3, -0.25) is 14.6 Å². The maximum Gasteiger partial charge on any atom is 0.255 e. The Morgan fingerprint density at radius 1 is 1.13 bits per heavy atom. The number of rotatable bonds is 5. The predicted octanol–water partition coefficient (Wildman–Crippen LogP) is 3.54. The third kappa shape index (κ3) is 4.43. The van der Waals surface area contributed by atoms with Crippen molar-refractivity contribution in [2.75, 3.05) is 19.6 Å². The first kappa shape index (κ1) is 20.0. The summed E-state index contributed by atoms with van der Waals surface area (Å²) in [4.78, 5) is 31.4. The molecule has 1 atom stereocenters. The van der Waals surface area contributed by atoms with Gasteiger partial charge in [0.15, 0.2) is 0 Å². The number of nitrogens with zero attached hydrogens (tertiary/aromatic N) is 2. The van der Waals surface area contributed by atoms with Gasteiger partial charge >= 0.3 is 0 Å². The average Bonchev–Trinajstić information content (AvgIpc) is 3.63. The van der Waals surface area contributed by atoms with Crippen molar-refractivity contribution in [3.8, 4) is 5.75 Å². The van der Waals surface area contributed by atoms with Gasteiger partial charge in [-0.05, 0) is 48.9 Å². The first-order valence-corrected chi connectivity index (χ1v) is 11.4. The Morgan fingerprint density at radius 2 is 1.94 bits per heavy atom. The lowest BCUT2D eigenvalue weighted by Gasteiger charge is -2.47. The highest BCUT2D eigenvalue weighted by atomic mass is 16.5. The van der Waals surface area contributed by atoms with Crippen LogP contribution in [-0.2, 0) is 4.79 Å². The quantitative estimate of drug-likeness (QED) is 0.805. The molecular weight excluding hydrogens is 390 g/mol. The molecule has 1 saturated heterocycles. The molecule has 1 aromatic carbocycles. The number of amides is 2. The summed E-state index contributed by atoms with van der Waals surface area (Å²) in [6.07, 6.45) is 8.62. The number of hydrogen-bond donors (Lipinski definition) is 1. The molecule has 0 bridgehead atoms. The summed E-state index contributed by atoms with van der Waals surface area (Å²) in [5.41, 5.74) is 1.43. The molecule has 3 heterocycles. The van der Waals surface area contributed by atoms with E-state index in [9.17, 15) is 9.59 Å². The van der Waals surface area contributed by atoms with E-state index in [0.29, 0.717) is 31.0 Å². The van der Waals surface area contributed by atoms with E-state index in [1.165, 1.54) is 12.8 Å². The van der Waals surface area contributed by atoms with Gasteiger partial charge in [0.25, 0.3) is 5.91 Å². The van der Waals surface area contributed by atoms with Gasteiger partial charge in [-0.2, -0.15) is 0 Å². The van der Waals surface area contributed by atoms with Crippen molar-refractivity contribution < 1.29 is 14.3 Å². The van der Waals surface area contributed by atoms with Gasteiger partial charge in [-0.1, -0.05) is 18.2 Å². The summed E-state index contributed by atoms with van der Waals surface area (Å²) < 4.78 is 6.53. The molecule has 1 saturated carbocycles. The van der Waals surface area contributed by atoms with Crippen molar-refractivity contribution in [3.05, 3.63) is 59.9 Å². The Hall–Kier alpha value is -2.89. The molecule has 0 radical (unpaired) electrons. The van der Waals surface area contributed by atoms with Crippen molar-refractivity contribution in [3.63, 3.8) is 0 Å². The van der Waals surface area contributed by atoms with E-state index in [4.69, 9.17) is 4.74 Å². The van der Waals surface area contributed by atoms with Crippen LogP contribution in [0.15, 0.2) is 48.8 Å². The zero-order chi connectivity index (χ0) is 21.3. The van der Waals surface area contributed by atoms with Crippen LogP contribution in [0.3, 0.4) is 0 Å². The summed E-state index contributed by atoms with van der Waals surface area (Å²) in [5, 5.41) is 3.12. The molecule has 2 aromatic rings. The van der Waals surface area contributed by atoms with Gasteiger partial charge in [0.05, 0.1) is 5.56 Å². The zero-order valence-electron chi connectivity index (χ0n) is 17.8. The maximum atomic E-state index is 12.8. The average molecular weight is 420 g/mol. The lowest BCUT2D eigenvalue weighted by Crippen LogP contribution is -2.52. The summed E-state index contributed by atoms with van der Waals surface area (Å²) in [5.74, 6) is 1.87. The second kappa shape index (κ2) is 8.33. The highest BCUT2D eigenvalue weighted by Crippen LogP contribution is 2.46. The number of benzene rings is 1. The first-order valence-electron chi connectivity index (χ1n) is 11.4. The number of aromatic nitrogens is 1. The fraction of sp³-hybridized carbons (Fsp3) is 0.480. The number of pyridine rings is 1. The van der Waals surface area contributed by atoms with E-state index in [2.05, 4.69) is 16.4 Å². The second-order valence-electron chi connectivity index (χ2n) is 9.21. The third-order valence-electron chi connectivity index (χ3n) is 6.89. The summed E-state index contributed by atoms with van der Waals surface area (Å²) in [7, 11) is 0. The molecular formula is C25H29N3O3. The summed E-state index contributed by atoms with van der Waals surface area (Å²) >= 11 is 0. The van der Waals surface area contributed by atoms with Crippen molar-refractivity contribution in [2.24, 2.45) is 5.92 Å². The van der Waals surface area contributed by atoms with Crippen LogP contribution in [0.4, 0.5) is 0 Å². The number of nitrogens with one attached hydrogen (secondary N) is 1. The van der Waals surface area contributed by atoms with Gasteiger partial charge in [-0.25, -0.2) is 0 Å². The van der Waals surface area contributed by atoms with E-state index < -0.39 is 0 Å². The Morgan fingerprint density at radius 3 is 2.68 bits per heavy atom. The molecule has 1 aromatic heterocycles. The van der Waals surface area contributed by atoms with Crippen LogP contribution in [0.5, 0.6) is 5.75 Å². The molecule has 162 valence electrons. The highest BCUT2D eigenvalue weighted by molar-refractivity contribution is 5.93. The molecule has 5 rings (SSSR count). The largest absolute Gasteiger partial charge is 0.487 e. The first-order chi connectivity index (χ1) is 15.1. The van der Waals surface area contributed by atoms with Crippen LogP contribution < -0.4 is 10.1 Å². The SMILES string of the molecule is O=C(CC1CC2(CCN(C(=O)c3cccnc3)CC2)Oc2ccccc21)NCC1CC1. The minimum atomic E-state index is -0.318. The van der Waals surface area contributed by atoms with E-state index in [1.807, 2.05) is 29.2 Å².